The Morgan fingerprint density at radius 2 is 1.68 bits per heavy atom. The Labute approximate surface area is 164 Å². The molecular formula is C23H23NO4. The number of carbonyl (C=O) groups excluding carboxylic acids is 1. The van der Waals surface area contributed by atoms with Gasteiger partial charge in [-0.15, -0.1) is 0 Å². The molecule has 144 valence electrons. The maximum Gasteiger partial charge on any atom is 0.407 e. The number of hydrogen-bond donors (Lipinski definition) is 1. The third-order valence-electron chi connectivity index (χ3n) is 5.81. The third-order valence-corrected chi connectivity index (χ3v) is 5.81. The van der Waals surface area contributed by atoms with E-state index in [4.69, 9.17) is 4.74 Å². The lowest BCUT2D eigenvalue weighted by Crippen LogP contribution is -2.43. The normalized spacial score (nSPS) is 17.2. The molecule has 0 bridgehead atoms. The topological polar surface area (TPSA) is 66.8 Å². The van der Waals surface area contributed by atoms with E-state index in [-0.39, 0.29) is 11.4 Å². The number of carboxylic acid groups (broad SMARTS) is 1. The third kappa shape index (κ3) is 2.97. The zero-order chi connectivity index (χ0) is 19.7. The van der Waals surface area contributed by atoms with Crippen molar-refractivity contribution in [3.8, 4) is 0 Å². The highest BCUT2D eigenvalue weighted by Gasteiger charge is 2.42. The van der Waals surface area contributed by atoms with Crippen LogP contribution >= 0.6 is 0 Å². The first-order chi connectivity index (χ1) is 13.6. The van der Waals surface area contributed by atoms with Crippen molar-refractivity contribution in [1.29, 1.82) is 0 Å². The number of piperidine rings is 1. The second-order valence-corrected chi connectivity index (χ2v) is 7.30. The van der Waals surface area contributed by atoms with Gasteiger partial charge >= 0.3 is 12.1 Å². The summed E-state index contributed by atoms with van der Waals surface area (Å²) in [6, 6.07) is 15.8. The molecule has 1 aliphatic carbocycles. The van der Waals surface area contributed by atoms with Gasteiger partial charge in [-0.3, -0.25) is 0 Å². The number of allylic oxidation sites excluding steroid dienone is 1. The van der Waals surface area contributed by atoms with Gasteiger partial charge in [0, 0.05) is 18.5 Å². The minimum atomic E-state index is -0.863. The number of benzene rings is 2. The number of rotatable bonds is 3. The lowest BCUT2D eigenvalue weighted by molar-refractivity contribution is 0.0526. The van der Waals surface area contributed by atoms with Crippen molar-refractivity contribution in [3.63, 3.8) is 0 Å². The van der Waals surface area contributed by atoms with Crippen molar-refractivity contribution in [2.45, 2.75) is 25.2 Å². The summed E-state index contributed by atoms with van der Waals surface area (Å²) in [5.41, 5.74) is 4.59. The molecule has 1 aliphatic heterocycles. The Morgan fingerprint density at radius 3 is 2.36 bits per heavy atom. The lowest BCUT2D eigenvalue weighted by Gasteiger charge is -2.38. The van der Waals surface area contributed by atoms with Crippen LogP contribution in [0, 0.1) is 0 Å². The van der Waals surface area contributed by atoms with E-state index >= 15 is 0 Å². The summed E-state index contributed by atoms with van der Waals surface area (Å²) in [4.78, 5) is 25.3. The maximum atomic E-state index is 12.5. The maximum absolute atomic E-state index is 12.5. The van der Waals surface area contributed by atoms with Gasteiger partial charge in [0.25, 0.3) is 0 Å². The second-order valence-electron chi connectivity index (χ2n) is 7.30. The molecule has 0 aromatic heterocycles. The number of ether oxygens (including phenoxy) is 1. The van der Waals surface area contributed by atoms with E-state index in [0.29, 0.717) is 25.3 Å². The number of esters is 1. The molecule has 1 amide bonds. The summed E-state index contributed by atoms with van der Waals surface area (Å²) < 4.78 is 5.26. The first-order valence-electron chi connectivity index (χ1n) is 9.63. The molecule has 0 unspecified atom stereocenters. The highest BCUT2D eigenvalue weighted by Crippen LogP contribution is 2.49. The molecule has 0 radical (unpaired) electrons. The zero-order valence-corrected chi connectivity index (χ0v) is 15.9. The number of carbonyl (C=O) groups is 2. The lowest BCUT2D eigenvalue weighted by atomic mass is 9.74. The van der Waals surface area contributed by atoms with Crippen molar-refractivity contribution in [3.05, 3.63) is 76.9 Å². The summed E-state index contributed by atoms with van der Waals surface area (Å²) in [6.45, 7) is 3.15. The van der Waals surface area contributed by atoms with Gasteiger partial charge in [0.2, 0.25) is 0 Å². The Kier molecular flexibility index (Phi) is 4.67. The van der Waals surface area contributed by atoms with Crippen LogP contribution in [-0.4, -0.2) is 41.8 Å². The largest absolute Gasteiger partial charge is 0.465 e. The number of hydrogen-bond acceptors (Lipinski definition) is 3. The van der Waals surface area contributed by atoms with E-state index in [9.17, 15) is 14.7 Å². The Bertz CT molecular complexity index is 955. The van der Waals surface area contributed by atoms with Crippen LogP contribution in [0.2, 0.25) is 0 Å². The predicted octanol–water partition coefficient (Wildman–Crippen LogP) is 4.32. The van der Waals surface area contributed by atoms with Gasteiger partial charge in [-0.05, 0) is 48.1 Å². The van der Waals surface area contributed by atoms with E-state index in [1.807, 2.05) is 30.3 Å². The molecule has 4 rings (SSSR count). The number of amides is 1. The Balaban J connectivity index is 1.79. The zero-order valence-electron chi connectivity index (χ0n) is 15.9. The van der Waals surface area contributed by atoms with Crippen LogP contribution in [0.25, 0.3) is 5.57 Å². The molecule has 28 heavy (non-hydrogen) atoms. The average molecular weight is 377 g/mol. The fourth-order valence-electron chi connectivity index (χ4n) is 4.42. The van der Waals surface area contributed by atoms with Gasteiger partial charge in [-0.2, -0.15) is 0 Å². The fraction of sp³-hybridized carbons (Fsp3) is 0.304. The van der Waals surface area contributed by atoms with Crippen LogP contribution < -0.4 is 0 Å². The van der Waals surface area contributed by atoms with E-state index < -0.39 is 6.09 Å². The minimum absolute atomic E-state index is 0.195. The van der Waals surface area contributed by atoms with Crippen molar-refractivity contribution in [1.82, 2.24) is 4.90 Å². The van der Waals surface area contributed by atoms with Gasteiger partial charge in [-0.25, -0.2) is 9.59 Å². The molecule has 1 fully saturated rings. The molecule has 5 nitrogen and oxygen atoms in total. The van der Waals surface area contributed by atoms with Crippen LogP contribution in [0.1, 0.15) is 46.8 Å². The monoisotopic (exact) mass is 377 g/mol. The van der Waals surface area contributed by atoms with E-state index in [1.54, 1.807) is 13.0 Å². The highest BCUT2D eigenvalue weighted by molar-refractivity contribution is 5.99. The van der Waals surface area contributed by atoms with Gasteiger partial charge in [0.15, 0.2) is 0 Å². The Hall–Kier alpha value is -3.08. The number of nitrogens with zero attached hydrogens (tertiary/aromatic N) is 1. The standard InChI is InChI=1S/C23H23NO4/c1-2-28-21(25)18-9-4-3-7-16(18)19-15-23(20-10-6-5-8-17(19)20)11-13-24(14-12-23)22(26)27/h3-10,15H,2,11-14H2,1H3,(H,26,27). The van der Waals surface area contributed by atoms with E-state index in [1.165, 1.54) is 10.5 Å². The molecule has 5 heteroatoms. The first-order valence-corrected chi connectivity index (χ1v) is 9.63. The summed E-state index contributed by atoms with van der Waals surface area (Å²) in [7, 11) is 0. The van der Waals surface area contributed by atoms with E-state index in [0.717, 1.165) is 29.5 Å². The summed E-state index contributed by atoms with van der Waals surface area (Å²) in [6.07, 6.45) is 2.86. The smallest absolute Gasteiger partial charge is 0.407 e. The van der Waals surface area contributed by atoms with Gasteiger partial charge in [0.1, 0.15) is 0 Å². The molecule has 0 saturated carbocycles. The molecule has 0 atom stereocenters. The number of likely N-dealkylation sites (tertiary alicyclic amines) is 1. The fourth-order valence-corrected chi connectivity index (χ4v) is 4.42. The van der Waals surface area contributed by atoms with Gasteiger partial charge < -0.3 is 14.7 Å². The second kappa shape index (κ2) is 7.15. The predicted molar refractivity (Wildman–Crippen MR) is 106 cm³/mol. The molecule has 2 aromatic rings. The van der Waals surface area contributed by atoms with Crippen molar-refractivity contribution in [2.24, 2.45) is 0 Å². The van der Waals surface area contributed by atoms with E-state index in [2.05, 4.69) is 18.2 Å². The van der Waals surface area contributed by atoms with Crippen LogP contribution in [0.3, 0.4) is 0 Å². The van der Waals surface area contributed by atoms with Crippen LogP contribution in [0.5, 0.6) is 0 Å². The van der Waals surface area contributed by atoms with Crippen LogP contribution in [0.15, 0.2) is 54.6 Å². The van der Waals surface area contributed by atoms with Gasteiger partial charge in [0.05, 0.1) is 12.2 Å². The Morgan fingerprint density at radius 1 is 1.04 bits per heavy atom. The molecular weight excluding hydrogens is 354 g/mol. The quantitative estimate of drug-likeness (QED) is 0.809. The average Bonchev–Trinajstić information content (AvgIpc) is 3.03. The number of fused-ring (bicyclic) bond motifs is 2. The summed E-state index contributed by atoms with van der Waals surface area (Å²) in [5.74, 6) is -0.321. The van der Waals surface area contributed by atoms with Crippen LogP contribution in [-0.2, 0) is 10.2 Å². The molecule has 2 aromatic carbocycles. The van der Waals surface area contributed by atoms with Gasteiger partial charge in [-0.1, -0.05) is 48.5 Å². The molecule has 1 N–H and O–H groups in total. The minimum Gasteiger partial charge on any atom is -0.465 e. The highest BCUT2D eigenvalue weighted by atomic mass is 16.5. The van der Waals surface area contributed by atoms with Crippen molar-refractivity contribution in [2.75, 3.05) is 19.7 Å². The van der Waals surface area contributed by atoms with Crippen molar-refractivity contribution < 1.29 is 19.4 Å². The van der Waals surface area contributed by atoms with Crippen molar-refractivity contribution >= 4 is 17.6 Å². The molecule has 1 spiro atoms. The summed E-state index contributed by atoms with van der Waals surface area (Å²) in [5, 5.41) is 9.30. The molecule has 1 heterocycles. The SMILES string of the molecule is CCOC(=O)c1ccccc1C1=CC2(CCN(C(=O)O)CC2)c2ccccc21. The summed E-state index contributed by atoms with van der Waals surface area (Å²) >= 11 is 0. The molecule has 2 aliphatic rings. The molecule has 1 saturated heterocycles. The van der Waals surface area contributed by atoms with Crippen LogP contribution in [0.4, 0.5) is 4.79 Å². The first kappa shape index (κ1) is 18.3.